The van der Waals surface area contributed by atoms with Gasteiger partial charge in [-0.25, -0.2) is 4.39 Å². The Morgan fingerprint density at radius 3 is 2.42 bits per heavy atom. The lowest BCUT2D eigenvalue weighted by Gasteiger charge is -2.10. The Kier molecular flexibility index (Phi) is 6.54. The van der Waals surface area contributed by atoms with Crippen molar-refractivity contribution in [2.75, 3.05) is 19.5 Å². The number of carbonyl (C=O) groups excluding carboxylic acids is 1. The van der Waals surface area contributed by atoms with Crippen LogP contribution in [0.2, 0.25) is 0 Å². The molecule has 0 radical (unpaired) electrons. The third-order valence-corrected chi connectivity index (χ3v) is 3.77. The lowest BCUT2D eigenvalue weighted by molar-refractivity contribution is -0.136. The molecule has 2 N–H and O–H groups in total. The second kappa shape index (κ2) is 8.84. The van der Waals surface area contributed by atoms with Gasteiger partial charge in [0.15, 0.2) is 11.5 Å². The highest BCUT2D eigenvalue weighted by Gasteiger charge is 2.10. The molecule has 0 aliphatic heterocycles. The summed E-state index contributed by atoms with van der Waals surface area (Å²) in [5, 5.41) is 11.3. The second-order valence-electron chi connectivity index (χ2n) is 5.61. The number of hydrogen-bond donors (Lipinski definition) is 2. The number of ether oxygens (including phenoxy) is 2. The van der Waals surface area contributed by atoms with Gasteiger partial charge < -0.3 is 19.9 Å². The monoisotopic (exact) mass is 361 g/mol. The van der Waals surface area contributed by atoms with E-state index in [0.29, 0.717) is 17.9 Å². The summed E-state index contributed by atoms with van der Waals surface area (Å²) in [5.41, 5.74) is 1.26. The Morgan fingerprint density at radius 2 is 1.81 bits per heavy atom. The number of nitrogens with one attached hydrogen (secondary N) is 1. The zero-order valence-corrected chi connectivity index (χ0v) is 14.5. The van der Waals surface area contributed by atoms with E-state index in [0.717, 1.165) is 11.6 Å². The molecule has 2 aromatic rings. The summed E-state index contributed by atoms with van der Waals surface area (Å²) >= 11 is 0. The number of carboxylic acid groups (broad SMARTS) is 1. The fourth-order valence-corrected chi connectivity index (χ4v) is 2.45. The number of hydrogen-bond acceptors (Lipinski definition) is 4. The van der Waals surface area contributed by atoms with E-state index in [-0.39, 0.29) is 23.6 Å². The van der Waals surface area contributed by atoms with Crippen molar-refractivity contribution in [2.24, 2.45) is 0 Å². The van der Waals surface area contributed by atoms with Crippen molar-refractivity contribution in [2.45, 2.75) is 19.3 Å². The number of halogens is 1. The van der Waals surface area contributed by atoms with Crippen LogP contribution >= 0.6 is 0 Å². The van der Waals surface area contributed by atoms with Gasteiger partial charge in [0.25, 0.3) is 0 Å². The zero-order chi connectivity index (χ0) is 19.1. The van der Waals surface area contributed by atoms with Crippen LogP contribution in [0.5, 0.6) is 11.5 Å². The fraction of sp³-hybridized carbons (Fsp3) is 0.263. The van der Waals surface area contributed by atoms with Crippen LogP contribution < -0.4 is 14.8 Å². The molecule has 1 amide bonds. The quantitative estimate of drug-likeness (QED) is 0.755. The van der Waals surface area contributed by atoms with E-state index in [9.17, 15) is 14.0 Å². The molecule has 0 unspecified atom stereocenters. The normalized spacial score (nSPS) is 10.3. The van der Waals surface area contributed by atoms with Crippen LogP contribution in [0.4, 0.5) is 10.1 Å². The van der Waals surface area contributed by atoms with Gasteiger partial charge in [0, 0.05) is 12.1 Å². The van der Waals surface area contributed by atoms with Crippen molar-refractivity contribution in [3.63, 3.8) is 0 Å². The lowest BCUT2D eigenvalue weighted by atomic mass is 10.1. The Labute approximate surface area is 150 Å². The molecule has 0 saturated carbocycles. The van der Waals surface area contributed by atoms with Gasteiger partial charge in [0.1, 0.15) is 5.82 Å². The molecule has 0 fully saturated rings. The van der Waals surface area contributed by atoms with Crippen LogP contribution in [-0.4, -0.2) is 31.2 Å². The second-order valence-corrected chi connectivity index (χ2v) is 5.61. The van der Waals surface area contributed by atoms with Crippen LogP contribution in [0.1, 0.15) is 17.5 Å². The summed E-state index contributed by atoms with van der Waals surface area (Å²) < 4.78 is 24.2. The van der Waals surface area contributed by atoms with Crippen molar-refractivity contribution in [1.82, 2.24) is 0 Å². The van der Waals surface area contributed by atoms with E-state index < -0.39 is 18.2 Å². The fourth-order valence-electron chi connectivity index (χ4n) is 2.45. The maximum absolute atomic E-state index is 13.8. The molecule has 2 aromatic carbocycles. The first-order valence-corrected chi connectivity index (χ1v) is 7.94. The first kappa shape index (κ1) is 19.2. The Bertz CT molecular complexity index is 807. The lowest BCUT2D eigenvalue weighted by Crippen LogP contribution is -2.13. The van der Waals surface area contributed by atoms with Crippen LogP contribution in [0, 0.1) is 5.82 Å². The largest absolute Gasteiger partial charge is 0.493 e. The Hall–Kier alpha value is -3.09. The number of carbonyl (C=O) groups is 2. The minimum Gasteiger partial charge on any atom is -0.493 e. The van der Waals surface area contributed by atoms with Crippen molar-refractivity contribution >= 4 is 17.6 Å². The number of carboxylic acids is 1. The van der Waals surface area contributed by atoms with E-state index in [2.05, 4.69) is 5.32 Å². The number of aliphatic carboxylic acids is 1. The van der Waals surface area contributed by atoms with Gasteiger partial charge >= 0.3 is 5.97 Å². The smallest absolute Gasteiger partial charge is 0.307 e. The number of methoxy groups -OCH3 is 2. The summed E-state index contributed by atoms with van der Waals surface area (Å²) in [6.45, 7) is 0. The molecule has 2 rings (SSSR count). The Balaban J connectivity index is 1.95. The van der Waals surface area contributed by atoms with E-state index in [1.54, 1.807) is 19.2 Å². The molecular formula is C19H20FNO5. The SMILES string of the molecule is COc1ccc(CCC(=O)Nc2ccc(CC(=O)O)c(F)c2)cc1OC. The first-order chi connectivity index (χ1) is 12.4. The maximum atomic E-state index is 13.8. The summed E-state index contributed by atoms with van der Waals surface area (Å²) in [5.74, 6) is -0.856. The maximum Gasteiger partial charge on any atom is 0.307 e. The van der Waals surface area contributed by atoms with E-state index >= 15 is 0 Å². The Morgan fingerprint density at radius 1 is 1.08 bits per heavy atom. The highest BCUT2D eigenvalue weighted by Crippen LogP contribution is 2.28. The topological polar surface area (TPSA) is 84.9 Å². The molecule has 0 aromatic heterocycles. The third kappa shape index (κ3) is 5.20. The highest BCUT2D eigenvalue weighted by atomic mass is 19.1. The third-order valence-electron chi connectivity index (χ3n) is 3.77. The number of amides is 1. The van der Waals surface area contributed by atoms with Crippen LogP contribution in [0.3, 0.4) is 0 Å². The van der Waals surface area contributed by atoms with Gasteiger partial charge in [-0.3, -0.25) is 9.59 Å². The standard InChI is InChI=1S/C19H20FNO5/c1-25-16-7-3-12(9-17(16)26-2)4-8-18(22)21-14-6-5-13(10-19(23)24)15(20)11-14/h3,5-7,9,11H,4,8,10H2,1-2H3,(H,21,22)(H,23,24). The van der Waals surface area contributed by atoms with Crippen LogP contribution in [-0.2, 0) is 22.4 Å². The molecule has 0 aliphatic carbocycles. The predicted octanol–water partition coefficient (Wildman–Crippen LogP) is 3.04. The van der Waals surface area contributed by atoms with Gasteiger partial charge in [-0.1, -0.05) is 12.1 Å². The van der Waals surface area contributed by atoms with E-state index in [1.165, 1.54) is 19.2 Å². The summed E-state index contributed by atoms with van der Waals surface area (Å²) in [4.78, 5) is 22.7. The average molecular weight is 361 g/mol. The van der Waals surface area contributed by atoms with E-state index in [4.69, 9.17) is 14.6 Å². The molecule has 7 heteroatoms. The number of anilines is 1. The van der Waals surface area contributed by atoms with Gasteiger partial charge in [0.2, 0.25) is 5.91 Å². The van der Waals surface area contributed by atoms with Crippen molar-refractivity contribution in [3.05, 3.63) is 53.3 Å². The van der Waals surface area contributed by atoms with E-state index in [1.807, 2.05) is 6.07 Å². The summed E-state index contributed by atoms with van der Waals surface area (Å²) in [6, 6.07) is 9.36. The number of rotatable bonds is 8. The van der Waals surface area contributed by atoms with Crippen molar-refractivity contribution in [1.29, 1.82) is 0 Å². The molecule has 0 heterocycles. The molecule has 6 nitrogen and oxygen atoms in total. The zero-order valence-electron chi connectivity index (χ0n) is 14.5. The molecule has 26 heavy (non-hydrogen) atoms. The molecule has 0 spiro atoms. The molecule has 0 saturated heterocycles. The minimum atomic E-state index is -1.12. The molecular weight excluding hydrogens is 341 g/mol. The predicted molar refractivity (Wildman–Crippen MR) is 94.2 cm³/mol. The molecule has 138 valence electrons. The number of benzene rings is 2. The molecule has 0 atom stereocenters. The van der Waals surface area contributed by atoms with Gasteiger partial charge in [0.05, 0.1) is 20.6 Å². The van der Waals surface area contributed by atoms with Crippen LogP contribution in [0.15, 0.2) is 36.4 Å². The van der Waals surface area contributed by atoms with Crippen LogP contribution in [0.25, 0.3) is 0 Å². The van der Waals surface area contributed by atoms with Crippen molar-refractivity contribution in [3.8, 4) is 11.5 Å². The molecule has 0 bridgehead atoms. The van der Waals surface area contributed by atoms with Gasteiger partial charge in [-0.2, -0.15) is 0 Å². The number of aryl methyl sites for hydroxylation is 1. The van der Waals surface area contributed by atoms with Crippen molar-refractivity contribution < 1.29 is 28.6 Å². The average Bonchev–Trinajstić information content (AvgIpc) is 2.61. The summed E-state index contributed by atoms with van der Waals surface area (Å²) in [6.07, 6.45) is 0.277. The van der Waals surface area contributed by atoms with Gasteiger partial charge in [-0.15, -0.1) is 0 Å². The molecule has 0 aliphatic rings. The first-order valence-electron chi connectivity index (χ1n) is 7.94. The van der Waals surface area contributed by atoms with Gasteiger partial charge in [-0.05, 0) is 41.8 Å². The highest BCUT2D eigenvalue weighted by molar-refractivity contribution is 5.90. The summed E-state index contributed by atoms with van der Waals surface area (Å²) in [7, 11) is 3.09. The minimum absolute atomic E-state index is 0.0702.